The minimum absolute atomic E-state index is 0. The molecule has 0 aliphatic rings. The Labute approximate surface area is 177 Å². The molecule has 158 valence electrons. The number of hydrogen-bond donors (Lipinski definition) is 5. The number of carbonyl (C=O) groups is 1. The lowest BCUT2D eigenvalue weighted by Gasteiger charge is -2.19. The molecule has 0 radical (unpaired) electrons. The molecule has 2 aromatic carbocycles. The normalized spacial score (nSPS) is 11.4. The number of ether oxygens (including phenoxy) is 1. The van der Waals surface area contributed by atoms with Gasteiger partial charge in [-0.1, -0.05) is 19.9 Å². The maximum Gasteiger partial charge on any atom is 0.330 e. The summed E-state index contributed by atoms with van der Waals surface area (Å²) in [7, 11) is 0. The highest BCUT2D eigenvalue weighted by Crippen LogP contribution is 2.26. The van der Waals surface area contributed by atoms with Crippen molar-refractivity contribution in [1.29, 1.82) is 5.41 Å². The number of carboxylic acid groups (broad SMARTS) is 1. The van der Waals surface area contributed by atoms with Gasteiger partial charge < -0.3 is 26.2 Å². The highest BCUT2D eigenvalue weighted by molar-refractivity contribution is 5.95. The molecular formula is C21H29ClN4O3. The monoisotopic (exact) mass is 420 g/mol. The molecule has 0 spiro atoms. The highest BCUT2D eigenvalue weighted by atomic mass is 35.5. The summed E-state index contributed by atoms with van der Waals surface area (Å²) in [6.07, 6.45) is 0. The van der Waals surface area contributed by atoms with E-state index >= 15 is 0 Å². The average molecular weight is 421 g/mol. The third kappa shape index (κ3) is 7.29. The molecule has 0 aliphatic heterocycles. The molecule has 2 aromatic rings. The first-order valence-electron chi connectivity index (χ1n) is 9.24. The Balaban J connectivity index is 0.00000420. The summed E-state index contributed by atoms with van der Waals surface area (Å²) >= 11 is 0. The number of nitrogens with one attached hydrogen (secondary N) is 3. The molecule has 7 nitrogen and oxygen atoms in total. The Hall–Kier alpha value is -2.77. The minimum atomic E-state index is -0.993. The number of anilines is 1. The van der Waals surface area contributed by atoms with E-state index < -0.39 is 12.0 Å². The van der Waals surface area contributed by atoms with Crippen LogP contribution in [0, 0.1) is 5.41 Å². The second-order valence-electron chi connectivity index (χ2n) is 6.79. The van der Waals surface area contributed by atoms with Gasteiger partial charge in [-0.05, 0) is 54.4 Å². The van der Waals surface area contributed by atoms with Gasteiger partial charge in [-0.15, -0.1) is 12.4 Å². The summed E-state index contributed by atoms with van der Waals surface area (Å²) in [5, 5.41) is 23.6. The molecule has 0 fully saturated rings. The predicted molar refractivity (Wildman–Crippen MR) is 118 cm³/mol. The van der Waals surface area contributed by atoms with Gasteiger partial charge in [0.15, 0.2) is 6.04 Å². The second kappa shape index (κ2) is 11.3. The van der Waals surface area contributed by atoms with Crippen LogP contribution in [-0.4, -0.2) is 29.6 Å². The Morgan fingerprint density at radius 1 is 1.21 bits per heavy atom. The molecule has 29 heavy (non-hydrogen) atoms. The molecule has 6 N–H and O–H groups in total. The number of nitrogens with two attached hydrogens (primary N) is 1. The summed E-state index contributed by atoms with van der Waals surface area (Å²) < 4.78 is 5.63. The first-order valence-corrected chi connectivity index (χ1v) is 9.24. The third-order valence-electron chi connectivity index (χ3n) is 4.10. The van der Waals surface area contributed by atoms with Gasteiger partial charge in [-0.25, -0.2) is 4.79 Å². The SMILES string of the molecule is CCOc1cc(CNC(C)C)cc(C(Nc2ccc(C(=N)N)cc2)C(=O)O)c1.Cl. The summed E-state index contributed by atoms with van der Waals surface area (Å²) in [5.74, 6) is -0.388. The van der Waals surface area contributed by atoms with Crippen molar-refractivity contribution in [3.05, 3.63) is 59.2 Å². The van der Waals surface area contributed by atoms with Crippen molar-refractivity contribution >= 4 is 29.9 Å². The van der Waals surface area contributed by atoms with E-state index in [0.29, 0.717) is 41.8 Å². The van der Waals surface area contributed by atoms with E-state index in [4.69, 9.17) is 15.9 Å². The molecular weight excluding hydrogens is 392 g/mol. The zero-order valence-electron chi connectivity index (χ0n) is 16.9. The van der Waals surface area contributed by atoms with Gasteiger partial charge in [-0.2, -0.15) is 0 Å². The lowest BCUT2D eigenvalue weighted by Crippen LogP contribution is -2.23. The van der Waals surface area contributed by atoms with E-state index in [1.165, 1.54) is 0 Å². The highest BCUT2D eigenvalue weighted by Gasteiger charge is 2.21. The van der Waals surface area contributed by atoms with E-state index in [2.05, 4.69) is 24.5 Å². The van der Waals surface area contributed by atoms with Gasteiger partial charge in [-0.3, -0.25) is 5.41 Å². The lowest BCUT2D eigenvalue weighted by molar-refractivity contribution is -0.138. The Morgan fingerprint density at radius 2 is 1.86 bits per heavy atom. The summed E-state index contributed by atoms with van der Waals surface area (Å²) in [6.45, 7) is 7.12. The molecule has 0 bridgehead atoms. The van der Waals surface area contributed by atoms with Gasteiger partial charge in [0, 0.05) is 23.8 Å². The molecule has 2 rings (SSSR count). The maximum absolute atomic E-state index is 12.0. The first-order chi connectivity index (χ1) is 13.3. The van der Waals surface area contributed by atoms with Crippen molar-refractivity contribution < 1.29 is 14.6 Å². The molecule has 0 aliphatic carbocycles. The maximum atomic E-state index is 12.0. The number of aliphatic carboxylic acids is 1. The smallest absolute Gasteiger partial charge is 0.330 e. The van der Waals surface area contributed by atoms with Crippen LogP contribution in [0.1, 0.15) is 43.5 Å². The molecule has 8 heteroatoms. The van der Waals surface area contributed by atoms with Crippen molar-refractivity contribution in [2.24, 2.45) is 5.73 Å². The molecule has 1 atom stereocenters. The van der Waals surface area contributed by atoms with Crippen molar-refractivity contribution in [2.45, 2.75) is 39.4 Å². The quantitative estimate of drug-likeness (QED) is 0.296. The third-order valence-corrected chi connectivity index (χ3v) is 4.10. The molecule has 0 saturated heterocycles. The van der Waals surface area contributed by atoms with E-state index in [-0.39, 0.29) is 18.2 Å². The number of halogens is 1. The first kappa shape index (κ1) is 24.3. The zero-order chi connectivity index (χ0) is 20.7. The van der Waals surface area contributed by atoms with Crippen LogP contribution in [0.25, 0.3) is 0 Å². The minimum Gasteiger partial charge on any atom is -0.494 e. The molecule has 0 heterocycles. The molecule has 0 aromatic heterocycles. The molecule has 1 unspecified atom stereocenters. The fraction of sp³-hybridized carbons (Fsp3) is 0.333. The number of nitrogen functional groups attached to an aromatic ring is 1. The number of hydrogen-bond acceptors (Lipinski definition) is 5. The molecule has 0 saturated carbocycles. The van der Waals surface area contributed by atoms with Crippen LogP contribution < -0.4 is 21.1 Å². The van der Waals surface area contributed by atoms with E-state index in [1.54, 1.807) is 30.3 Å². The zero-order valence-corrected chi connectivity index (χ0v) is 17.7. The lowest BCUT2D eigenvalue weighted by atomic mass is 10.0. The van der Waals surface area contributed by atoms with Crippen molar-refractivity contribution in [3.8, 4) is 5.75 Å². The van der Waals surface area contributed by atoms with E-state index in [0.717, 1.165) is 5.56 Å². The topological polar surface area (TPSA) is 120 Å². The number of rotatable bonds is 10. The molecule has 0 amide bonds. The van der Waals surface area contributed by atoms with Gasteiger partial charge in [0.1, 0.15) is 11.6 Å². The van der Waals surface area contributed by atoms with E-state index in [1.807, 2.05) is 19.1 Å². The van der Waals surface area contributed by atoms with Crippen LogP contribution in [-0.2, 0) is 11.3 Å². The van der Waals surface area contributed by atoms with Crippen LogP contribution >= 0.6 is 12.4 Å². The fourth-order valence-electron chi connectivity index (χ4n) is 2.73. The Kier molecular flexibility index (Phi) is 9.44. The summed E-state index contributed by atoms with van der Waals surface area (Å²) in [4.78, 5) is 12.0. The number of carboxylic acids is 1. The van der Waals surface area contributed by atoms with Gasteiger partial charge in [0.05, 0.1) is 6.61 Å². The fourth-order valence-corrected chi connectivity index (χ4v) is 2.73. The standard InChI is InChI=1S/C21H28N4O3.ClH/c1-4-28-18-10-14(12-24-13(2)3)9-16(11-18)19(21(26)27)25-17-7-5-15(6-8-17)20(22)23;/h5-11,13,19,24-25H,4,12H2,1-3H3,(H3,22,23)(H,26,27);1H. The predicted octanol–water partition coefficient (Wildman–Crippen LogP) is 3.53. The van der Waals surface area contributed by atoms with Crippen molar-refractivity contribution in [1.82, 2.24) is 5.32 Å². The van der Waals surface area contributed by atoms with Crippen LogP contribution in [0.15, 0.2) is 42.5 Å². The van der Waals surface area contributed by atoms with Crippen LogP contribution in [0.2, 0.25) is 0 Å². The number of amidine groups is 1. The van der Waals surface area contributed by atoms with E-state index in [9.17, 15) is 9.90 Å². The van der Waals surface area contributed by atoms with Gasteiger partial charge in [0.25, 0.3) is 0 Å². The van der Waals surface area contributed by atoms with Crippen molar-refractivity contribution in [2.75, 3.05) is 11.9 Å². The average Bonchev–Trinajstić information content (AvgIpc) is 2.64. The summed E-state index contributed by atoms with van der Waals surface area (Å²) in [5.41, 5.74) is 8.23. The van der Waals surface area contributed by atoms with Crippen LogP contribution in [0.4, 0.5) is 5.69 Å². The second-order valence-corrected chi connectivity index (χ2v) is 6.79. The van der Waals surface area contributed by atoms with Crippen LogP contribution in [0.3, 0.4) is 0 Å². The largest absolute Gasteiger partial charge is 0.494 e. The van der Waals surface area contributed by atoms with Gasteiger partial charge >= 0.3 is 5.97 Å². The van der Waals surface area contributed by atoms with Crippen molar-refractivity contribution in [3.63, 3.8) is 0 Å². The summed E-state index contributed by atoms with van der Waals surface area (Å²) in [6, 6.07) is 11.7. The van der Waals surface area contributed by atoms with Gasteiger partial charge in [0.2, 0.25) is 0 Å². The Morgan fingerprint density at radius 3 is 2.38 bits per heavy atom. The van der Waals surface area contributed by atoms with Crippen LogP contribution in [0.5, 0.6) is 5.75 Å². The number of benzene rings is 2. The Bertz CT molecular complexity index is 825.